The topological polar surface area (TPSA) is 78.9 Å². The molecule has 1 fully saturated rings. The van der Waals surface area contributed by atoms with Gasteiger partial charge in [0.05, 0.1) is 11.7 Å². The van der Waals surface area contributed by atoms with Crippen molar-refractivity contribution in [3.63, 3.8) is 0 Å². The number of ether oxygens (including phenoxy) is 1. The molecule has 0 spiro atoms. The van der Waals surface area contributed by atoms with Gasteiger partial charge in [0.25, 0.3) is 0 Å². The Morgan fingerprint density at radius 1 is 1.38 bits per heavy atom. The summed E-state index contributed by atoms with van der Waals surface area (Å²) in [4.78, 5) is 24.9. The first-order chi connectivity index (χ1) is 10.0. The van der Waals surface area contributed by atoms with E-state index in [1.807, 2.05) is 0 Å². The maximum atomic E-state index is 12.1. The number of rotatable bonds is 3. The predicted molar refractivity (Wildman–Crippen MR) is 81.7 cm³/mol. The number of aromatic carboxylic acids is 1. The fourth-order valence-corrected chi connectivity index (χ4v) is 2.68. The SMILES string of the molecule is COC1CCN(C(=O)Nc2ccc(Br)c(C(=O)O)c2)CC1. The number of hydrogen-bond acceptors (Lipinski definition) is 3. The monoisotopic (exact) mass is 356 g/mol. The van der Waals surface area contributed by atoms with Crippen LogP contribution in [0.5, 0.6) is 0 Å². The van der Waals surface area contributed by atoms with Gasteiger partial charge in [-0.05, 0) is 47.0 Å². The van der Waals surface area contributed by atoms with E-state index in [1.54, 1.807) is 24.1 Å². The minimum absolute atomic E-state index is 0.117. The first-order valence-corrected chi connectivity index (χ1v) is 7.42. The summed E-state index contributed by atoms with van der Waals surface area (Å²) in [6.07, 6.45) is 1.83. The number of halogens is 1. The van der Waals surface area contributed by atoms with Crippen LogP contribution < -0.4 is 5.32 Å². The zero-order valence-corrected chi connectivity index (χ0v) is 13.2. The molecule has 0 radical (unpaired) electrons. The minimum atomic E-state index is -1.04. The number of carbonyl (C=O) groups is 2. The molecule has 0 aliphatic carbocycles. The number of benzene rings is 1. The Balaban J connectivity index is 2.00. The third-order valence-electron chi connectivity index (χ3n) is 3.51. The fourth-order valence-electron chi connectivity index (χ4n) is 2.26. The number of carbonyl (C=O) groups excluding carboxylic acids is 1. The van der Waals surface area contributed by atoms with Crippen molar-refractivity contribution in [1.29, 1.82) is 0 Å². The van der Waals surface area contributed by atoms with Crippen LogP contribution in [0.1, 0.15) is 23.2 Å². The molecule has 2 rings (SSSR count). The summed E-state index contributed by atoms with van der Waals surface area (Å²) in [6, 6.07) is 4.49. The van der Waals surface area contributed by atoms with Crippen LogP contribution in [0.2, 0.25) is 0 Å². The van der Waals surface area contributed by atoms with Gasteiger partial charge in [-0.15, -0.1) is 0 Å². The van der Waals surface area contributed by atoms with Crippen LogP contribution in [0.3, 0.4) is 0 Å². The van der Waals surface area contributed by atoms with Crippen LogP contribution in [-0.2, 0) is 4.74 Å². The van der Waals surface area contributed by atoms with Gasteiger partial charge in [-0.25, -0.2) is 9.59 Å². The van der Waals surface area contributed by atoms with Gasteiger partial charge in [-0.2, -0.15) is 0 Å². The lowest BCUT2D eigenvalue weighted by molar-refractivity contribution is 0.0521. The molecule has 0 aromatic heterocycles. The number of amides is 2. The molecule has 6 nitrogen and oxygen atoms in total. The lowest BCUT2D eigenvalue weighted by atomic mass is 10.1. The second kappa shape index (κ2) is 6.91. The Labute approximate surface area is 131 Å². The molecule has 0 bridgehead atoms. The van der Waals surface area contributed by atoms with E-state index in [1.165, 1.54) is 6.07 Å². The Morgan fingerprint density at radius 2 is 2.05 bits per heavy atom. The van der Waals surface area contributed by atoms with Crippen molar-refractivity contribution in [3.8, 4) is 0 Å². The van der Waals surface area contributed by atoms with Gasteiger partial charge in [-0.1, -0.05) is 0 Å². The molecule has 1 aliphatic heterocycles. The Morgan fingerprint density at radius 3 is 2.62 bits per heavy atom. The number of anilines is 1. The summed E-state index contributed by atoms with van der Waals surface area (Å²) in [5.74, 6) is -1.04. The third kappa shape index (κ3) is 3.95. The zero-order chi connectivity index (χ0) is 15.4. The van der Waals surface area contributed by atoms with Crippen LogP contribution >= 0.6 is 15.9 Å². The summed E-state index contributed by atoms with van der Waals surface area (Å²) in [7, 11) is 1.68. The largest absolute Gasteiger partial charge is 0.478 e. The second-order valence-corrected chi connectivity index (χ2v) is 5.71. The standard InChI is InChI=1S/C14H17BrN2O4/c1-21-10-4-6-17(7-5-10)14(20)16-9-2-3-12(15)11(8-9)13(18)19/h2-3,8,10H,4-7H2,1H3,(H,16,20)(H,18,19). The van der Waals surface area contributed by atoms with Crippen LogP contribution in [-0.4, -0.2) is 48.3 Å². The molecule has 2 N–H and O–H groups in total. The highest BCUT2D eigenvalue weighted by Crippen LogP contribution is 2.22. The highest BCUT2D eigenvalue weighted by atomic mass is 79.9. The highest BCUT2D eigenvalue weighted by Gasteiger charge is 2.22. The lowest BCUT2D eigenvalue weighted by Gasteiger charge is -2.31. The summed E-state index contributed by atoms with van der Waals surface area (Å²) in [5.41, 5.74) is 0.584. The van der Waals surface area contributed by atoms with Gasteiger partial charge in [0, 0.05) is 30.4 Å². The third-order valence-corrected chi connectivity index (χ3v) is 4.20. The zero-order valence-electron chi connectivity index (χ0n) is 11.6. The number of likely N-dealkylation sites (tertiary alicyclic amines) is 1. The molecule has 21 heavy (non-hydrogen) atoms. The molecule has 0 saturated carbocycles. The first-order valence-electron chi connectivity index (χ1n) is 6.63. The lowest BCUT2D eigenvalue weighted by Crippen LogP contribution is -2.42. The summed E-state index contributed by atoms with van der Waals surface area (Å²) < 4.78 is 5.74. The number of methoxy groups -OCH3 is 1. The summed E-state index contributed by atoms with van der Waals surface area (Å²) >= 11 is 3.17. The van der Waals surface area contributed by atoms with E-state index in [0.717, 1.165) is 12.8 Å². The maximum Gasteiger partial charge on any atom is 0.336 e. The van der Waals surface area contributed by atoms with Crippen molar-refractivity contribution < 1.29 is 19.4 Å². The van der Waals surface area contributed by atoms with E-state index in [4.69, 9.17) is 9.84 Å². The van der Waals surface area contributed by atoms with Gasteiger partial charge in [-0.3, -0.25) is 0 Å². The Bertz CT molecular complexity index is 542. The molecular weight excluding hydrogens is 340 g/mol. The van der Waals surface area contributed by atoms with Gasteiger partial charge >= 0.3 is 12.0 Å². The van der Waals surface area contributed by atoms with Gasteiger partial charge < -0.3 is 20.1 Å². The molecule has 1 aromatic rings. The van der Waals surface area contributed by atoms with Crippen LogP contribution in [0.15, 0.2) is 22.7 Å². The summed E-state index contributed by atoms with van der Waals surface area (Å²) in [5, 5.41) is 11.8. The molecule has 1 aliphatic rings. The van der Waals surface area contributed by atoms with Crippen molar-refractivity contribution in [3.05, 3.63) is 28.2 Å². The average Bonchev–Trinajstić information content (AvgIpc) is 2.49. The van der Waals surface area contributed by atoms with Crippen LogP contribution in [0.4, 0.5) is 10.5 Å². The van der Waals surface area contributed by atoms with Crippen molar-refractivity contribution >= 4 is 33.6 Å². The number of urea groups is 1. The van der Waals surface area contributed by atoms with Gasteiger partial charge in [0.2, 0.25) is 0 Å². The average molecular weight is 357 g/mol. The maximum absolute atomic E-state index is 12.1. The van der Waals surface area contributed by atoms with E-state index in [2.05, 4.69) is 21.2 Å². The molecule has 0 atom stereocenters. The van der Waals surface area contributed by atoms with Crippen LogP contribution in [0, 0.1) is 0 Å². The van der Waals surface area contributed by atoms with Crippen molar-refractivity contribution in [2.24, 2.45) is 0 Å². The Kier molecular flexibility index (Phi) is 5.19. The number of nitrogens with zero attached hydrogens (tertiary/aromatic N) is 1. The molecule has 114 valence electrons. The molecule has 1 aromatic carbocycles. The number of piperidine rings is 1. The number of hydrogen-bond donors (Lipinski definition) is 2. The van der Waals surface area contributed by atoms with Gasteiger partial charge in [0.15, 0.2) is 0 Å². The minimum Gasteiger partial charge on any atom is -0.478 e. The fraction of sp³-hybridized carbons (Fsp3) is 0.429. The van der Waals surface area contributed by atoms with Crippen molar-refractivity contribution in [2.75, 3.05) is 25.5 Å². The van der Waals surface area contributed by atoms with Gasteiger partial charge in [0.1, 0.15) is 0 Å². The molecule has 1 saturated heterocycles. The van der Waals surface area contributed by atoms with Crippen molar-refractivity contribution in [2.45, 2.75) is 18.9 Å². The molecule has 0 unspecified atom stereocenters. The number of carboxylic acid groups (broad SMARTS) is 1. The van der Waals surface area contributed by atoms with E-state index >= 15 is 0 Å². The predicted octanol–water partition coefficient (Wildman–Crippen LogP) is 2.79. The smallest absolute Gasteiger partial charge is 0.336 e. The molecule has 2 amide bonds. The number of carboxylic acids is 1. The van der Waals surface area contributed by atoms with Crippen LogP contribution in [0.25, 0.3) is 0 Å². The molecule has 1 heterocycles. The molecule has 7 heteroatoms. The normalized spacial score (nSPS) is 15.8. The summed E-state index contributed by atoms with van der Waals surface area (Å²) in [6.45, 7) is 1.26. The number of nitrogens with one attached hydrogen (secondary N) is 1. The second-order valence-electron chi connectivity index (χ2n) is 4.85. The van der Waals surface area contributed by atoms with E-state index < -0.39 is 5.97 Å². The van der Waals surface area contributed by atoms with Crippen molar-refractivity contribution in [1.82, 2.24) is 4.90 Å². The van der Waals surface area contributed by atoms with E-state index in [0.29, 0.717) is 23.2 Å². The first kappa shape index (κ1) is 15.8. The van der Waals surface area contributed by atoms with E-state index in [9.17, 15) is 9.59 Å². The van der Waals surface area contributed by atoms with E-state index in [-0.39, 0.29) is 17.7 Å². The highest BCUT2D eigenvalue weighted by molar-refractivity contribution is 9.10. The molecular formula is C14H17BrN2O4. The quantitative estimate of drug-likeness (QED) is 0.872. The Hall–Kier alpha value is -1.60.